The summed E-state index contributed by atoms with van der Waals surface area (Å²) >= 11 is 0. The van der Waals surface area contributed by atoms with Gasteiger partial charge in [-0.3, -0.25) is 4.68 Å². The number of rotatable bonds is 9. The maximum Gasteiger partial charge on any atom is 0.0945 e. The number of nitrogens with one attached hydrogen (secondary N) is 1. The Morgan fingerprint density at radius 3 is 2.94 bits per heavy atom. The van der Waals surface area contributed by atoms with E-state index < -0.39 is 6.10 Å². The molecule has 18 heavy (non-hydrogen) atoms. The van der Waals surface area contributed by atoms with Gasteiger partial charge in [0.2, 0.25) is 0 Å². The van der Waals surface area contributed by atoms with E-state index in [1.54, 1.807) is 11.8 Å². The SMILES string of the molecule is CCc1nn(C)cc1NCC(O)COCCOC. The third kappa shape index (κ3) is 5.03. The Hall–Kier alpha value is -1.11. The number of methoxy groups -OCH3 is 1. The van der Waals surface area contributed by atoms with Crippen molar-refractivity contribution in [1.29, 1.82) is 0 Å². The van der Waals surface area contributed by atoms with Gasteiger partial charge in [0, 0.05) is 26.9 Å². The molecule has 0 spiro atoms. The largest absolute Gasteiger partial charge is 0.389 e. The molecule has 0 aliphatic heterocycles. The van der Waals surface area contributed by atoms with Crippen LogP contribution in [0.4, 0.5) is 5.69 Å². The molecule has 2 N–H and O–H groups in total. The Morgan fingerprint density at radius 1 is 1.50 bits per heavy atom. The molecular formula is C12H23N3O3. The number of nitrogens with zero attached hydrogens (tertiary/aromatic N) is 2. The zero-order valence-electron chi connectivity index (χ0n) is 11.3. The van der Waals surface area contributed by atoms with Crippen LogP contribution >= 0.6 is 0 Å². The van der Waals surface area contributed by atoms with Gasteiger partial charge in [0.15, 0.2) is 0 Å². The van der Waals surface area contributed by atoms with E-state index in [1.807, 2.05) is 13.2 Å². The van der Waals surface area contributed by atoms with Crippen LogP contribution in [0, 0.1) is 0 Å². The van der Waals surface area contributed by atoms with Gasteiger partial charge in [-0.1, -0.05) is 6.92 Å². The molecule has 1 aromatic heterocycles. The molecule has 1 rings (SSSR count). The number of aliphatic hydroxyl groups excluding tert-OH is 1. The lowest BCUT2D eigenvalue weighted by molar-refractivity contribution is 0.0182. The van der Waals surface area contributed by atoms with Crippen molar-refractivity contribution in [3.8, 4) is 0 Å². The molecule has 0 aliphatic rings. The van der Waals surface area contributed by atoms with E-state index in [0.717, 1.165) is 17.8 Å². The molecule has 0 aliphatic carbocycles. The first-order chi connectivity index (χ1) is 8.67. The molecule has 0 saturated heterocycles. The van der Waals surface area contributed by atoms with Gasteiger partial charge >= 0.3 is 0 Å². The molecule has 0 radical (unpaired) electrons. The zero-order valence-corrected chi connectivity index (χ0v) is 11.3. The Balaban J connectivity index is 2.26. The highest BCUT2D eigenvalue weighted by molar-refractivity contribution is 5.46. The minimum Gasteiger partial charge on any atom is -0.389 e. The highest BCUT2D eigenvalue weighted by Gasteiger charge is 2.08. The molecule has 104 valence electrons. The summed E-state index contributed by atoms with van der Waals surface area (Å²) in [6, 6.07) is 0. The molecule has 1 atom stereocenters. The second kappa shape index (κ2) is 8.07. The Bertz CT molecular complexity index is 341. The second-order valence-electron chi connectivity index (χ2n) is 4.12. The van der Waals surface area contributed by atoms with Gasteiger partial charge in [0.05, 0.1) is 37.3 Å². The van der Waals surface area contributed by atoms with Crippen LogP contribution < -0.4 is 5.32 Å². The van der Waals surface area contributed by atoms with Crippen LogP contribution in [0.5, 0.6) is 0 Å². The fourth-order valence-corrected chi connectivity index (χ4v) is 1.59. The fraction of sp³-hybridized carbons (Fsp3) is 0.750. The van der Waals surface area contributed by atoms with Crippen LogP contribution in [-0.4, -0.2) is 54.5 Å². The monoisotopic (exact) mass is 257 g/mol. The Labute approximate surface area is 108 Å². The second-order valence-corrected chi connectivity index (χ2v) is 4.12. The number of aromatic nitrogens is 2. The lowest BCUT2D eigenvalue weighted by atomic mass is 10.3. The lowest BCUT2D eigenvalue weighted by Gasteiger charge is -2.12. The van der Waals surface area contributed by atoms with E-state index in [0.29, 0.717) is 26.4 Å². The minimum absolute atomic E-state index is 0.304. The molecule has 0 fully saturated rings. The summed E-state index contributed by atoms with van der Waals surface area (Å²) in [7, 11) is 3.50. The highest BCUT2D eigenvalue weighted by Crippen LogP contribution is 2.13. The molecule has 1 heterocycles. The van der Waals surface area contributed by atoms with Gasteiger partial charge in [-0.05, 0) is 6.42 Å². The molecule has 1 aromatic rings. The smallest absolute Gasteiger partial charge is 0.0945 e. The van der Waals surface area contributed by atoms with Crippen LogP contribution in [0.1, 0.15) is 12.6 Å². The van der Waals surface area contributed by atoms with Gasteiger partial charge < -0.3 is 19.9 Å². The van der Waals surface area contributed by atoms with E-state index in [1.165, 1.54) is 0 Å². The van der Waals surface area contributed by atoms with Crippen molar-refractivity contribution >= 4 is 5.69 Å². The van der Waals surface area contributed by atoms with Gasteiger partial charge in [0.1, 0.15) is 0 Å². The van der Waals surface area contributed by atoms with Gasteiger partial charge in [-0.15, -0.1) is 0 Å². The van der Waals surface area contributed by atoms with Crippen LogP contribution in [-0.2, 0) is 22.9 Å². The quantitative estimate of drug-likeness (QED) is 0.627. The first kappa shape index (κ1) is 14.9. The van der Waals surface area contributed by atoms with Gasteiger partial charge in [-0.2, -0.15) is 5.10 Å². The standard InChI is InChI=1S/C12H23N3O3/c1-4-11-12(8-15(2)14-11)13-7-10(16)9-18-6-5-17-3/h8,10,13,16H,4-7,9H2,1-3H3. The summed E-state index contributed by atoms with van der Waals surface area (Å²) in [5.74, 6) is 0. The van der Waals surface area contributed by atoms with Gasteiger partial charge in [-0.25, -0.2) is 0 Å². The molecule has 1 unspecified atom stereocenters. The average molecular weight is 257 g/mol. The topological polar surface area (TPSA) is 68.5 Å². The summed E-state index contributed by atoms with van der Waals surface area (Å²) in [5, 5.41) is 17.2. The minimum atomic E-state index is -0.535. The normalized spacial score (nSPS) is 12.7. The summed E-state index contributed by atoms with van der Waals surface area (Å²) in [5.41, 5.74) is 1.97. The average Bonchev–Trinajstić information content (AvgIpc) is 2.72. The van der Waals surface area contributed by atoms with Crippen molar-refractivity contribution in [1.82, 2.24) is 9.78 Å². The maximum atomic E-state index is 9.72. The van der Waals surface area contributed by atoms with Crippen LogP contribution in [0.3, 0.4) is 0 Å². The number of hydrogen-bond acceptors (Lipinski definition) is 5. The number of hydrogen-bond donors (Lipinski definition) is 2. The zero-order chi connectivity index (χ0) is 13.4. The van der Waals surface area contributed by atoms with Crippen molar-refractivity contribution in [3.63, 3.8) is 0 Å². The molecule has 0 aromatic carbocycles. The molecule has 6 nitrogen and oxygen atoms in total. The van der Waals surface area contributed by atoms with Crippen molar-refractivity contribution < 1.29 is 14.6 Å². The summed E-state index contributed by atoms with van der Waals surface area (Å²) in [4.78, 5) is 0. The molecular weight excluding hydrogens is 234 g/mol. The first-order valence-electron chi connectivity index (χ1n) is 6.18. The van der Waals surface area contributed by atoms with Crippen molar-refractivity contribution in [2.24, 2.45) is 7.05 Å². The predicted octanol–water partition coefficient (Wildman–Crippen LogP) is 0.418. The van der Waals surface area contributed by atoms with Crippen molar-refractivity contribution in [3.05, 3.63) is 11.9 Å². The number of ether oxygens (including phenoxy) is 2. The van der Waals surface area contributed by atoms with E-state index >= 15 is 0 Å². The van der Waals surface area contributed by atoms with E-state index in [-0.39, 0.29) is 0 Å². The van der Waals surface area contributed by atoms with E-state index in [9.17, 15) is 5.11 Å². The lowest BCUT2D eigenvalue weighted by Crippen LogP contribution is -2.25. The number of anilines is 1. The van der Waals surface area contributed by atoms with E-state index in [4.69, 9.17) is 9.47 Å². The van der Waals surface area contributed by atoms with Crippen LogP contribution in [0.25, 0.3) is 0 Å². The summed E-state index contributed by atoms with van der Waals surface area (Å²) in [6.45, 7) is 3.85. The third-order valence-corrected chi connectivity index (χ3v) is 2.51. The first-order valence-corrected chi connectivity index (χ1v) is 6.18. The van der Waals surface area contributed by atoms with Crippen LogP contribution in [0.2, 0.25) is 0 Å². The summed E-state index contributed by atoms with van der Waals surface area (Å²) < 4.78 is 11.9. The third-order valence-electron chi connectivity index (χ3n) is 2.51. The Kier molecular flexibility index (Phi) is 6.70. The number of aryl methyl sites for hydroxylation is 2. The highest BCUT2D eigenvalue weighted by atomic mass is 16.5. The van der Waals surface area contributed by atoms with Crippen molar-refractivity contribution in [2.75, 3.05) is 38.8 Å². The van der Waals surface area contributed by atoms with Crippen LogP contribution in [0.15, 0.2) is 6.20 Å². The molecule has 6 heteroatoms. The molecule has 0 saturated carbocycles. The number of aliphatic hydroxyl groups is 1. The Morgan fingerprint density at radius 2 is 2.28 bits per heavy atom. The van der Waals surface area contributed by atoms with Gasteiger partial charge in [0.25, 0.3) is 0 Å². The summed E-state index contributed by atoms with van der Waals surface area (Å²) in [6.07, 6.45) is 2.24. The van der Waals surface area contributed by atoms with Crippen molar-refractivity contribution in [2.45, 2.75) is 19.4 Å². The predicted molar refractivity (Wildman–Crippen MR) is 69.8 cm³/mol. The maximum absolute atomic E-state index is 9.72. The van der Waals surface area contributed by atoms with E-state index in [2.05, 4.69) is 17.3 Å². The molecule has 0 amide bonds. The fourth-order valence-electron chi connectivity index (χ4n) is 1.59. The molecule has 0 bridgehead atoms.